The Kier molecular flexibility index (Phi) is 3.56. The van der Waals surface area contributed by atoms with Crippen molar-refractivity contribution in [2.24, 2.45) is 5.92 Å². The largest absolute Gasteiger partial charge is 0.465 e. The second-order valence-corrected chi connectivity index (χ2v) is 5.58. The van der Waals surface area contributed by atoms with Gasteiger partial charge in [0.25, 0.3) is 0 Å². The van der Waals surface area contributed by atoms with E-state index in [9.17, 15) is 19.7 Å². The van der Waals surface area contributed by atoms with Gasteiger partial charge in [0.2, 0.25) is 11.9 Å². The number of amides is 1. The fourth-order valence-electron chi connectivity index (χ4n) is 3.03. The number of hydrogen-bond donors (Lipinski definition) is 0. The van der Waals surface area contributed by atoms with E-state index in [0.717, 1.165) is 12.0 Å². The maximum Gasteiger partial charge on any atom is 0.338 e. The summed E-state index contributed by atoms with van der Waals surface area (Å²) in [5, 5.41) is 10.8. The fourth-order valence-corrected chi connectivity index (χ4v) is 3.03. The number of carbonyl (C=O) groups is 2. The van der Waals surface area contributed by atoms with Gasteiger partial charge in [0.15, 0.2) is 0 Å². The van der Waals surface area contributed by atoms with Crippen molar-refractivity contribution in [1.82, 2.24) is 0 Å². The average Bonchev–Trinajstić information content (AvgIpc) is 3.33. The van der Waals surface area contributed by atoms with Crippen molar-refractivity contribution in [2.45, 2.75) is 25.3 Å². The van der Waals surface area contributed by atoms with Gasteiger partial charge < -0.3 is 9.64 Å². The smallest absolute Gasteiger partial charge is 0.338 e. The van der Waals surface area contributed by atoms with Crippen LogP contribution >= 0.6 is 0 Å². The molecule has 1 saturated carbocycles. The van der Waals surface area contributed by atoms with Gasteiger partial charge in [-0.1, -0.05) is 6.07 Å². The molecule has 1 aromatic carbocycles. The molecule has 0 radical (unpaired) electrons. The minimum absolute atomic E-state index is 0.218. The molecule has 116 valence electrons. The summed E-state index contributed by atoms with van der Waals surface area (Å²) in [5.41, 5.74) is 1.92. The molecule has 1 aliphatic heterocycles. The first-order valence-electron chi connectivity index (χ1n) is 7.19. The first kappa shape index (κ1) is 14.5. The maximum atomic E-state index is 12.5. The summed E-state index contributed by atoms with van der Waals surface area (Å²) in [6.07, 6.45) is 1.71. The monoisotopic (exact) mass is 304 g/mol. The zero-order valence-corrected chi connectivity index (χ0v) is 12.2. The van der Waals surface area contributed by atoms with Crippen molar-refractivity contribution in [3.8, 4) is 0 Å². The number of fused-ring (bicyclic) bond motifs is 1. The lowest BCUT2D eigenvalue weighted by molar-refractivity contribution is -0.497. The van der Waals surface area contributed by atoms with Crippen LogP contribution in [0.3, 0.4) is 0 Å². The molecule has 7 heteroatoms. The number of anilines is 1. The van der Waals surface area contributed by atoms with Gasteiger partial charge in [0.05, 0.1) is 12.7 Å². The van der Waals surface area contributed by atoms with Crippen LogP contribution in [0.1, 0.15) is 28.8 Å². The number of nitro groups is 1. The van der Waals surface area contributed by atoms with Crippen LogP contribution in [0.5, 0.6) is 0 Å². The number of methoxy groups -OCH3 is 1. The molecule has 22 heavy (non-hydrogen) atoms. The third kappa shape index (κ3) is 2.32. The van der Waals surface area contributed by atoms with Crippen molar-refractivity contribution in [1.29, 1.82) is 0 Å². The van der Waals surface area contributed by atoms with Crippen LogP contribution in [0.2, 0.25) is 0 Å². The third-order valence-corrected chi connectivity index (χ3v) is 4.27. The molecule has 1 aliphatic carbocycles. The van der Waals surface area contributed by atoms with E-state index in [4.69, 9.17) is 4.74 Å². The first-order valence-corrected chi connectivity index (χ1v) is 7.19. The van der Waals surface area contributed by atoms with E-state index in [-0.39, 0.29) is 5.91 Å². The number of ether oxygens (including phenoxy) is 1. The molecule has 1 fully saturated rings. The SMILES string of the molecule is COC(=O)c1cccc2c1CCCN2C(=O)[C@@H]1C[C@@H]1[N+](=O)[O-]. The van der Waals surface area contributed by atoms with Crippen LogP contribution in [0.4, 0.5) is 5.69 Å². The van der Waals surface area contributed by atoms with Crippen LogP contribution in [0, 0.1) is 16.0 Å². The highest BCUT2D eigenvalue weighted by Gasteiger charge is 2.55. The zero-order valence-electron chi connectivity index (χ0n) is 12.2. The summed E-state index contributed by atoms with van der Waals surface area (Å²) in [6, 6.07) is 4.40. The van der Waals surface area contributed by atoms with Crippen LogP contribution in [-0.4, -0.2) is 36.5 Å². The second-order valence-electron chi connectivity index (χ2n) is 5.58. The Bertz CT molecular complexity index is 657. The second kappa shape index (κ2) is 5.40. The first-order chi connectivity index (χ1) is 10.5. The van der Waals surface area contributed by atoms with Crippen LogP contribution in [0.25, 0.3) is 0 Å². The van der Waals surface area contributed by atoms with Crippen molar-refractivity contribution < 1.29 is 19.2 Å². The van der Waals surface area contributed by atoms with E-state index >= 15 is 0 Å². The summed E-state index contributed by atoms with van der Waals surface area (Å²) >= 11 is 0. The predicted octanol–water partition coefficient (Wildman–Crippen LogP) is 1.42. The van der Waals surface area contributed by atoms with Gasteiger partial charge in [-0.25, -0.2) is 4.79 Å². The molecular formula is C15H16N2O5. The number of benzene rings is 1. The fraction of sp³-hybridized carbons (Fsp3) is 0.467. The Morgan fingerprint density at radius 1 is 1.41 bits per heavy atom. The summed E-state index contributed by atoms with van der Waals surface area (Å²) in [6.45, 7) is 0.525. The maximum absolute atomic E-state index is 12.5. The van der Waals surface area contributed by atoms with E-state index in [0.29, 0.717) is 30.6 Å². The van der Waals surface area contributed by atoms with E-state index in [1.165, 1.54) is 7.11 Å². The molecule has 0 bridgehead atoms. The molecule has 2 aliphatic rings. The molecule has 1 aromatic rings. The van der Waals surface area contributed by atoms with Gasteiger partial charge in [-0.3, -0.25) is 14.9 Å². The molecule has 0 unspecified atom stereocenters. The van der Waals surface area contributed by atoms with E-state index < -0.39 is 22.9 Å². The molecular weight excluding hydrogens is 288 g/mol. The van der Waals surface area contributed by atoms with Gasteiger partial charge >= 0.3 is 5.97 Å². The van der Waals surface area contributed by atoms with Crippen molar-refractivity contribution in [3.63, 3.8) is 0 Å². The average molecular weight is 304 g/mol. The Labute approximate surface area is 127 Å². The van der Waals surface area contributed by atoms with Gasteiger partial charge in [0.1, 0.15) is 5.92 Å². The molecule has 0 saturated heterocycles. The summed E-state index contributed by atoms with van der Waals surface area (Å²) in [7, 11) is 1.32. The Hall–Kier alpha value is -2.44. The van der Waals surface area contributed by atoms with Gasteiger partial charge in [-0.2, -0.15) is 0 Å². The molecule has 3 rings (SSSR count). The Morgan fingerprint density at radius 2 is 2.18 bits per heavy atom. The van der Waals surface area contributed by atoms with Crippen molar-refractivity contribution in [3.05, 3.63) is 39.4 Å². The van der Waals surface area contributed by atoms with E-state index in [2.05, 4.69) is 0 Å². The van der Waals surface area contributed by atoms with E-state index in [1.54, 1.807) is 23.1 Å². The van der Waals surface area contributed by atoms with E-state index in [1.807, 2.05) is 0 Å². The third-order valence-electron chi connectivity index (χ3n) is 4.27. The highest BCUT2D eigenvalue weighted by Crippen LogP contribution is 2.38. The lowest BCUT2D eigenvalue weighted by atomic mass is 9.96. The topological polar surface area (TPSA) is 89.8 Å². The van der Waals surface area contributed by atoms with Crippen molar-refractivity contribution in [2.75, 3.05) is 18.6 Å². The van der Waals surface area contributed by atoms with Gasteiger partial charge in [0, 0.05) is 23.6 Å². The van der Waals surface area contributed by atoms with Crippen LogP contribution < -0.4 is 4.90 Å². The lowest BCUT2D eigenvalue weighted by Crippen LogP contribution is -2.38. The lowest BCUT2D eigenvalue weighted by Gasteiger charge is -2.30. The molecule has 0 spiro atoms. The standard InChI is InChI=1S/C15H16N2O5/c1-22-15(19)10-4-2-6-12-9(10)5-3-7-16(12)14(18)11-8-13(11)17(20)21/h2,4,6,11,13H,3,5,7-8H2,1H3/t11-,13+/m1/s1. The Balaban J connectivity index is 1.91. The molecule has 1 heterocycles. The highest BCUT2D eigenvalue weighted by atomic mass is 16.6. The summed E-state index contributed by atoms with van der Waals surface area (Å²) in [4.78, 5) is 36.3. The normalized spacial score (nSPS) is 22.7. The minimum Gasteiger partial charge on any atom is -0.465 e. The Morgan fingerprint density at radius 3 is 2.82 bits per heavy atom. The molecule has 2 atom stereocenters. The number of carbonyl (C=O) groups excluding carboxylic acids is 2. The van der Waals surface area contributed by atoms with Gasteiger partial charge in [-0.05, 0) is 30.5 Å². The number of esters is 1. The predicted molar refractivity (Wildman–Crippen MR) is 77.3 cm³/mol. The quantitative estimate of drug-likeness (QED) is 0.478. The molecule has 0 aromatic heterocycles. The molecule has 1 amide bonds. The summed E-state index contributed by atoms with van der Waals surface area (Å²) in [5.74, 6) is -1.19. The van der Waals surface area contributed by atoms with Gasteiger partial charge in [-0.15, -0.1) is 0 Å². The molecule has 0 N–H and O–H groups in total. The highest BCUT2D eigenvalue weighted by molar-refractivity contribution is 6.00. The van der Waals surface area contributed by atoms with Crippen LogP contribution in [-0.2, 0) is 16.0 Å². The number of hydrogen-bond acceptors (Lipinski definition) is 5. The minimum atomic E-state index is -0.762. The zero-order chi connectivity index (χ0) is 15.9. The molecule has 7 nitrogen and oxygen atoms in total. The van der Waals surface area contributed by atoms with Crippen molar-refractivity contribution >= 4 is 17.6 Å². The number of nitrogens with zero attached hydrogens (tertiary/aromatic N) is 2. The van der Waals surface area contributed by atoms with Crippen LogP contribution in [0.15, 0.2) is 18.2 Å². The summed E-state index contributed by atoms with van der Waals surface area (Å²) < 4.78 is 4.77. The number of rotatable bonds is 3.